The molecule has 0 saturated carbocycles. The van der Waals surface area contributed by atoms with Crippen molar-refractivity contribution in [2.75, 3.05) is 6.61 Å². The van der Waals surface area contributed by atoms with Gasteiger partial charge in [0.1, 0.15) is 0 Å². The van der Waals surface area contributed by atoms with Crippen molar-refractivity contribution in [1.29, 1.82) is 0 Å². The lowest BCUT2D eigenvalue weighted by Gasteiger charge is -2.13. The van der Waals surface area contributed by atoms with E-state index in [-0.39, 0.29) is 12.6 Å². The molecule has 3 nitrogen and oxygen atoms in total. The van der Waals surface area contributed by atoms with Crippen molar-refractivity contribution in [2.45, 2.75) is 12.6 Å². The van der Waals surface area contributed by atoms with Gasteiger partial charge in [-0.25, -0.2) is 0 Å². The van der Waals surface area contributed by atoms with Gasteiger partial charge in [0.05, 0.1) is 18.2 Å². The molecule has 0 aliphatic rings. The highest BCUT2D eigenvalue weighted by molar-refractivity contribution is 7.10. The van der Waals surface area contributed by atoms with Crippen molar-refractivity contribution in [3.05, 3.63) is 39.0 Å². The van der Waals surface area contributed by atoms with Crippen LogP contribution in [0.1, 0.15) is 15.8 Å². The van der Waals surface area contributed by atoms with Gasteiger partial charge in [0, 0.05) is 22.5 Å². The van der Waals surface area contributed by atoms with E-state index in [0.29, 0.717) is 0 Å². The van der Waals surface area contributed by atoms with Crippen LogP contribution in [-0.2, 0) is 6.54 Å². The van der Waals surface area contributed by atoms with Gasteiger partial charge in [0.2, 0.25) is 0 Å². The molecule has 0 aliphatic carbocycles. The Kier molecular flexibility index (Phi) is 3.85. The molecule has 2 aromatic rings. The molecule has 1 atom stereocenters. The average Bonchev–Trinajstić information content (AvgIpc) is 2.90. The molecule has 0 bridgehead atoms. The standard InChI is InChI=1S/C10H12N2OS2/c13-6-9(10-5-11-7-15-10)12-4-8-2-1-3-14-8/h1-3,5,7,9,12-13H,4,6H2. The highest BCUT2D eigenvalue weighted by Crippen LogP contribution is 2.18. The Labute approximate surface area is 96.4 Å². The van der Waals surface area contributed by atoms with E-state index < -0.39 is 0 Å². The van der Waals surface area contributed by atoms with Crippen LogP contribution in [0.3, 0.4) is 0 Å². The van der Waals surface area contributed by atoms with E-state index in [1.165, 1.54) is 4.88 Å². The zero-order valence-corrected chi connectivity index (χ0v) is 9.72. The largest absolute Gasteiger partial charge is 0.394 e. The van der Waals surface area contributed by atoms with E-state index in [1.54, 1.807) is 34.4 Å². The van der Waals surface area contributed by atoms with Gasteiger partial charge in [-0.3, -0.25) is 4.98 Å². The molecule has 1 unspecified atom stereocenters. The first-order valence-electron chi connectivity index (χ1n) is 4.65. The molecular formula is C10H12N2OS2. The summed E-state index contributed by atoms with van der Waals surface area (Å²) in [6.45, 7) is 0.897. The number of aliphatic hydroxyl groups is 1. The van der Waals surface area contributed by atoms with Crippen molar-refractivity contribution in [3.8, 4) is 0 Å². The molecule has 0 spiro atoms. The molecule has 15 heavy (non-hydrogen) atoms. The first-order valence-corrected chi connectivity index (χ1v) is 6.41. The number of aromatic nitrogens is 1. The Bertz CT molecular complexity index is 372. The summed E-state index contributed by atoms with van der Waals surface area (Å²) in [7, 11) is 0. The molecule has 2 rings (SSSR count). The minimum Gasteiger partial charge on any atom is -0.394 e. The summed E-state index contributed by atoms with van der Waals surface area (Å²) in [6, 6.07) is 4.11. The number of hydrogen-bond acceptors (Lipinski definition) is 5. The number of rotatable bonds is 5. The van der Waals surface area contributed by atoms with Crippen LogP contribution in [0.15, 0.2) is 29.2 Å². The fraction of sp³-hybridized carbons (Fsp3) is 0.300. The van der Waals surface area contributed by atoms with Crippen LogP contribution in [0.5, 0.6) is 0 Å². The third kappa shape index (κ3) is 2.85. The van der Waals surface area contributed by atoms with Crippen LogP contribution < -0.4 is 5.32 Å². The smallest absolute Gasteiger partial charge is 0.0794 e. The van der Waals surface area contributed by atoms with Gasteiger partial charge in [0.25, 0.3) is 0 Å². The maximum atomic E-state index is 9.25. The van der Waals surface area contributed by atoms with Crippen LogP contribution in [0.2, 0.25) is 0 Å². The fourth-order valence-electron chi connectivity index (χ4n) is 1.29. The lowest BCUT2D eigenvalue weighted by Crippen LogP contribution is -2.22. The van der Waals surface area contributed by atoms with Gasteiger partial charge < -0.3 is 10.4 Å². The molecule has 0 aromatic carbocycles. The maximum absolute atomic E-state index is 9.25. The molecular weight excluding hydrogens is 228 g/mol. The van der Waals surface area contributed by atoms with Crippen LogP contribution in [0.4, 0.5) is 0 Å². The van der Waals surface area contributed by atoms with Gasteiger partial charge >= 0.3 is 0 Å². The lowest BCUT2D eigenvalue weighted by atomic mass is 10.2. The highest BCUT2D eigenvalue weighted by atomic mass is 32.1. The summed E-state index contributed by atoms with van der Waals surface area (Å²) in [6.07, 6.45) is 1.80. The van der Waals surface area contributed by atoms with Gasteiger partial charge in [0.15, 0.2) is 0 Å². The van der Waals surface area contributed by atoms with Gasteiger partial charge in [-0.15, -0.1) is 22.7 Å². The van der Waals surface area contributed by atoms with Crippen molar-refractivity contribution in [3.63, 3.8) is 0 Å². The van der Waals surface area contributed by atoms with E-state index in [4.69, 9.17) is 0 Å². The molecule has 2 aromatic heterocycles. The predicted molar refractivity (Wildman–Crippen MR) is 63.1 cm³/mol. The number of nitrogens with zero attached hydrogens (tertiary/aromatic N) is 1. The predicted octanol–water partition coefficient (Wildman–Crippen LogP) is 2.03. The third-order valence-corrected chi connectivity index (χ3v) is 3.85. The van der Waals surface area contributed by atoms with E-state index in [0.717, 1.165) is 11.4 Å². The molecule has 0 saturated heterocycles. The molecule has 2 N–H and O–H groups in total. The highest BCUT2D eigenvalue weighted by Gasteiger charge is 2.11. The SMILES string of the molecule is OCC(NCc1cccs1)c1cncs1. The molecule has 2 heterocycles. The maximum Gasteiger partial charge on any atom is 0.0794 e. The quantitative estimate of drug-likeness (QED) is 0.840. The van der Waals surface area contributed by atoms with Crippen LogP contribution in [-0.4, -0.2) is 16.7 Å². The first kappa shape index (κ1) is 10.8. The fourth-order valence-corrected chi connectivity index (χ4v) is 2.63. The Morgan fingerprint density at radius 3 is 3.00 bits per heavy atom. The van der Waals surface area contributed by atoms with E-state index in [9.17, 15) is 5.11 Å². The summed E-state index contributed by atoms with van der Waals surface area (Å²) in [4.78, 5) is 6.36. The topological polar surface area (TPSA) is 45.1 Å². The second kappa shape index (κ2) is 5.37. The number of aliphatic hydroxyl groups excluding tert-OH is 1. The number of thiazole rings is 1. The second-order valence-electron chi connectivity index (χ2n) is 3.10. The molecule has 0 radical (unpaired) electrons. The normalized spacial score (nSPS) is 12.9. The van der Waals surface area contributed by atoms with Gasteiger partial charge in [-0.05, 0) is 11.4 Å². The first-order chi connectivity index (χ1) is 7.40. The molecule has 5 heteroatoms. The Morgan fingerprint density at radius 1 is 1.47 bits per heavy atom. The third-order valence-electron chi connectivity index (χ3n) is 2.08. The second-order valence-corrected chi connectivity index (χ2v) is 5.05. The zero-order valence-electron chi connectivity index (χ0n) is 8.09. The minimum absolute atomic E-state index is 0.000370. The van der Waals surface area contributed by atoms with Gasteiger partial charge in [-0.1, -0.05) is 6.07 Å². The van der Waals surface area contributed by atoms with Crippen LogP contribution >= 0.6 is 22.7 Å². The minimum atomic E-state index is -0.000370. The Hall–Kier alpha value is -0.750. The van der Waals surface area contributed by atoms with Crippen molar-refractivity contribution in [1.82, 2.24) is 10.3 Å². The summed E-state index contributed by atoms with van der Waals surface area (Å²) >= 11 is 3.28. The molecule has 0 aliphatic heterocycles. The molecule has 0 fully saturated rings. The molecule has 80 valence electrons. The summed E-state index contributed by atoms with van der Waals surface area (Å²) in [5, 5.41) is 14.6. The van der Waals surface area contributed by atoms with Crippen LogP contribution in [0, 0.1) is 0 Å². The zero-order chi connectivity index (χ0) is 10.5. The number of thiophene rings is 1. The summed E-state index contributed by atoms with van der Waals surface area (Å²) in [5.41, 5.74) is 1.78. The summed E-state index contributed by atoms with van der Waals surface area (Å²) in [5.74, 6) is 0. The van der Waals surface area contributed by atoms with Crippen molar-refractivity contribution in [2.24, 2.45) is 0 Å². The number of hydrogen-bond donors (Lipinski definition) is 2. The number of nitrogens with one attached hydrogen (secondary N) is 1. The van der Waals surface area contributed by atoms with Crippen LogP contribution in [0.25, 0.3) is 0 Å². The van der Waals surface area contributed by atoms with E-state index in [2.05, 4.69) is 21.7 Å². The molecule has 0 amide bonds. The Morgan fingerprint density at radius 2 is 2.40 bits per heavy atom. The van der Waals surface area contributed by atoms with Gasteiger partial charge in [-0.2, -0.15) is 0 Å². The summed E-state index contributed by atoms with van der Waals surface area (Å²) < 4.78 is 0. The lowest BCUT2D eigenvalue weighted by molar-refractivity contribution is 0.245. The van der Waals surface area contributed by atoms with Crippen molar-refractivity contribution < 1.29 is 5.11 Å². The average molecular weight is 240 g/mol. The monoisotopic (exact) mass is 240 g/mol. The van der Waals surface area contributed by atoms with E-state index in [1.807, 2.05) is 6.07 Å². The van der Waals surface area contributed by atoms with E-state index >= 15 is 0 Å². The van der Waals surface area contributed by atoms with Crippen molar-refractivity contribution >= 4 is 22.7 Å². The Balaban J connectivity index is 1.92.